The summed E-state index contributed by atoms with van der Waals surface area (Å²) in [6, 6.07) is 6.86. The zero-order valence-corrected chi connectivity index (χ0v) is 12.5. The summed E-state index contributed by atoms with van der Waals surface area (Å²) < 4.78 is 5.91. The zero-order chi connectivity index (χ0) is 13.9. The molecule has 0 amide bonds. The maximum absolute atomic E-state index is 6.06. The number of piperidine rings is 1. The molecule has 0 radical (unpaired) electrons. The number of benzene rings is 1. The highest BCUT2D eigenvalue weighted by molar-refractivity contribution is 5.53. The van der Waals surface area contributed by atoms with Crippen LogP contribution in [-0.2, 0) is 0 Å². The second-order valence-corrected chi connectivity index (χ2v) is 6.38. The monoisotopic (exact) mass is 274 g/mol. The molecule has 3 heteroatoms. The van der Waals surface area contributed by atoms with Crippen LogP contribution in [0.5, 0.6) is 5.75 Å². The smallest absolute Gasteiger partial charge is 0.122 e. The summed E-state index contributed by atoms with van der Waals surface area (Å²) in [6.45, 7) is 5.09. The van der Waals surface area contributed by atoms with Crippen molar-refractivity contribution < 1.29 is 4.74 Å². The standard InChI is InChI=1S/C17H26N2O/c1-13-11-16(19-9-2-3-15(18)12-19)6-7-17(13)20-10-8-14-4-5-14/h6-7,11,14-15H,2-5,8-10,12,18H2,1H3. The first-order chi connectivity index (χ1) is 9.72. The number of nitrogens with two attached hydrogens (primary N) is 1. The first-order valence-corrected chi connectivity index (χ1v) is 7.96. The molecule has 0 spiro atoms. The van der Waals surface area contributed by atoms with Gasteiger partial charge in [0.25, 0.3) is 0 Å². The minimum atomic E-state index is 0.318. The molecule has 1 unspecified atom stereocenters. The van der Waals surface area contributed by atoms with Gasteiger partial charge in [0.05, 0.1) is 6.61 Å². The predicted octanol–water partition coefficient (Wildman–Crippen LogP) is 3.10. The summed E-state index contributed by atoms with van der Waals surface area (Å²) in [5.74, 6) is 1.97. The minimum Gasteiger partial charge on any atom is -0.493 e. The van der Waals surface area contributed by atoms with E-state index in [0.29, 0.717) is 6.04 Å². The molecule has 110 valence electrons. The van der Waals surface area contributed by atoms with Crippen LogP contribution >= 0.6 is 0 Å². The molecule has 2 fully saturated rings. The number of aryl methyl sites for hydroxylation is 1. The average Bonchev–Trinajstić information content (AvgIpc) is 3.25. The molecule has 3 nitrogen and oxygen atoms in total. The van der Waals surface area contributed by atoms with Crippen molar-refractivity contribution in [1.82, 2.24) is 0 Å². The summed E-state index contributed by atoms with van der Waals surface area (Å²) in [4.78, 5) is 2.40. The van der Waals surface area contributed by atoms with E-state index >= 15 is 0 Å². The molecule has 2 N–H and O–H groups in total. The maximum atomic E-state index is 6.06. The van der Waals surface area contributed by atoms with Crippen LogP contribution in [0.3, 0.4) is 0 Å². The second-order valence-electron chi connectivity index (χ2n) is 6.38. The summed E-state index contributed by atoms with van der Waals surface area (Å²) >= 11 is 0. The third-order valence-corrected chi connectivity index (χ3v) is 4.46. The van der Waals surface area contributed by atoms with Gasteiger partial charge in [-0.05, 0) is 55.9 Å². The summed E-state index contributed by atoms with van der Waals surface area (Å²) in [6.07, 6.45) is 6.35. The maximum Gasteiger partial charge on any atom is 0.122 e. The van der Waals surface area contributed by atoms with Gasteiger partial charge in [0.1, 0.15) is 5.75 Å². The van der Waals surface area contributed by atoms with Gasteiger partial charge >= 0.3 is 0 Å². The van der Waals surface area contributed by atoms with Gasteiger partial charge in [-0.2, -0.15) is 0 Å². The Hall–Kier alpha value is -1.22. The number of rotatable bonds is 5. The third kappa shape index (κ3) is 3.45. The molecule has 0 bridgehead atoms. The first-order valence-electron chi connectivity index (χ1n) is 7.96. The molecule has 1 aliphatic heterocycles. The number of anilines is 1. The van der Waals surface area contributed by atoms with Gasteiger partial charge < -0.3 is 15.4 Å². The molecular weight excluding hydrogens is 248 g/mol. The van der Waals surface area contributed by atoms with Crippen LogP contribution in [0.2, 0.25) is 0 Å². The molecule has 1 aliphatic carbocycles. The molecular formula is C17H26N2O. The van der Waals surface area contributed by atoms with Crippen molar-refractivity contribution in [3.8, 4) is 5.75 Å². The summed E-state index contributed by atoms with van der Waals surface area (Å²) in [5, 5.41) is 0. The summed E-state index contributed by atoms with van der Waals surface area (Å²) in [7, 11) is 0. The average molecular weight is 274 g/mol. The van der Waals surface area contributed by atoms with E-state index < -0.39 is 0 Å². The second kappa shape index (κ2) is 6.04. The Morgan fingerprint density at radius 1 is 1.30 bits per heavy atom. The Morgan fingerprint density at radius 2 is 2.15 bits per heavy atom. The lowest BCUT2D eigenvalue weighted by atomic mass is 10.1. The van der Waals surface area contributed by atoms with Gasteiger partial charge in [-0.25, -0.2) is 0 Å². The van der Waals surface area contributed by atoms with Gasteiger partial charge in [0.15, 0.2) is 0 Å². The number of nitrogens with zero attached hydrogens (tertiary/aromatic N) is 1. The van der Waals surface area contributed by atoms with Crippen molar-refractivity contribution in [2.24, 2.45) is 11.7 Å². The van der Waals surface area contributed by atoms with E-state index in [0.717, 1.165) is 37.8 Å². The third-order valence-electron chi connectivity index (χ3n) is 4.46. The topological polar surface area (TPSA) is 38.5 Å². The number of ether oxygens (including phenoxy) is 1. The van der Waals surface area contributed by atoms with Crippen molar-refractivity contribution in [3.63, 3.8) is 0 Å². The molecule has 20 heavy (non-hydrogen) atoms. The van der Waals surface area contributed by atoms with E-state index in [4.69, 9.17) is 10.5 Å². The number of hydrogen-bond acceptors (Lipinski definition) is 3. The number of hydrogen-bond donors (Lipinski definition) is 1. The Kier molecular flexibility index (Phi) is 4.16. The van der Waals surface area contributed by atoms with Crippen LogP contribution in [0.15, 0.2) is 18.2 Å². The first kappa shape index (κ1) is 13.7. The van der Waals surface area contributed by atoms with Crippen LogP contribution in [0.4, 0.5) is 5.69 Å². The fourth-order valence-corrected chi connectivity index (χ4v) is 2.98. The largest absolute Gasteiger partial charge is 0.493 e. The molecule has 3 rings (SSSR count). The Labute approximate surface area is 122 Å². The fraction of sp³-hybridized carbons (Fsp3) is 0.647. The molecule has 1 atom stereocenters. The van der Waals surface area contributed by atoms with Gasteiger partial charge in [-0.15, -0.1) is 0 Å². The SMILES string of the molecule is Cc1cc(N2CCCC(N)C2)ccc1OCCC1CC1. The van der Waals surface area contributed by atoms with Gasteiger partial charge in [0, 0.05) is 24.8 Å². The van der Waals surface area contributed by atoms with Gasteiger partial charge in [0.2, 0.25) is 0 Å². The molecule has 1 heterocycles. The lowest BCUT2D eigenvalue weighted by molar-refractivity contribution is 0.300. The lowest BCUT2D eigenvalue weighted by Gasteiger charge is -2.33. The molecule has 1 aromatic rings. The van der Waals surface area contributed by atoms with Crippen molar-refractivity contribution >= 4 is 5.69 Å². The van der Waals surface area contributed by atoms with Gasteiger partial charge in [-0.3, -0.25) is 0 Å². The lowest BCUT2D eigenvalue weighted by Crippen LogP contribution is -2.42. The van der Waals surface area contributed by atoms with Crippen LogP contribution in [0.25, 0.3) is 0 Å². The van der Waals surface area contributed by atoms with Gasteiger partial charge in [-0.1, -0.05) is 12.8 Å². The van der Waals surface area contributed by atoms with E-state index in [-0.39, 0.29) is 0 Å². The zero-order valence-electron chi connectivity index (χ0n) is 12.5. The highest BCUT2D eigenvalue weighted by Gasteiger charge is 2.21. The highest BCUT2D eigenvalue weighted by atomic mass is 16.5. The van der Waals surface area contributed by atoms with E-state index in [1.807, 2.05) is 0 Å². The van der Waals surface area contributed by atoms with E-state index in [1.165, 1.54) is 36.9 Å². The van der Waals surface area contributed by atoms with Crippen LogP contribution in [0.1, 0.15) is 37.7 Å². The van der Waals surface area contributed by atoms with E-state index in [1.54, 1.807) is 0 Å². The highest BCUT2D eigenvalue weighted by Crippen LogP contribution is 2.33. The molecule has 1 aromatic carbocycles. The van der Waals surface area contributed by atoms with Crippen molar-refractivity contribution in [1.29, 1.82) is 0 Å². The van der Waals surface area contributed by atoms with E-state index in [9.17, 15) is 0 Å². The molecule has 0 aromatic heterocycles. The minimum absolute atomic E-state index is 0.318. The molecule has 1 saturated heterocycles. The van der Waals surface area contributed by atoms with Crippen LogP contribution < -0.4 is 15.4 Å². The van der Waals surface area contributed by atoms with E-state index in [2.05, 4.69) is 30.0 Å². The predicted molar refractivity (Wildman–Crippen MR) is 83.4 cm³/mol. The normalized spacial score (nSPS) is 22.9. The van der Waals surface area contributed by atoms with Crippen molar-refractivity contribution in [3.05, 3.63) is 23.8 Å². The molecule has 1 saturated carbocycles. The van der Waals surface area contributed by atoms with Crippen LogP contribution in [0, 0.1) is 12.8 Å². The van der Waals surface area contributed by atoms with Crippen molar-refractivity contribution in [2.75, 3.05) is 24.6 Å². The van der Waals surface area contributed by atoms with Crippen molar-refractivity contribution in [2.45, 2.75) is 45.1 Å². The molecule has 2 aliphatic rings. The van der Waals surface area contributed by atoms with Crippen LogP contribution in [-0.4, -0.2) is 25.7 Å². The Balaban J connectivity index is 1.60. The Bertz CT molecular complexity index is 456. The summed E-state index contributed by atoms with van der Waals surface area (Å²) in [5.41, 5.74) is 8.58. The Morgan fingerprint density at radius 3 is 2.85 bits per heavy atom. The fourth-order valence-electron chi connectivity index (χ4n) is 2.98. The quantitative estimate of drug-likeness (QED) is 0.896.